The van der Waals surface area contributed by atoms with Gasteiger partial charge in [0.25, 0.3) is 0 Å². The van der Waals surface area contributed by atoms with Crippen LogP contribution >= 0.6 is 0 Å². The molecule has 0 saturated carbocycles. The Morgan fingerprint density at radius 3 is 2.74 bits per heavy atom. The molecule has 1 unspecified atom stereocenters. The molecule has 0 bridgehead atoms. The van der Waals surface area contributed by atoms with Gasteiger partial charge in [-0.05, 0) is 13.0 Å². The lowest BCUT2D eigenvalue weighted by Crippen LogP contribution is -2.32. The van der Waals surface area contributed by atoms with E-state index < -0.39 is 15.3 Å². The molecule has 7 nitrogen and oxygen atoms in total. The fourth-order valence-electron chi connectivity index (χ4n) is 1.91. The van der Waals surface area contributed by atoms with Gasteiger partial charge >= 0.3 is 0 Å². The van der Waals surface area contributed by atoms with E-state index in [4.69, 9.17) is 9.88 Å². The first-order valence-electron chi connectivity index (χ1n) is 5.82. The molecule has 2 N–H and O–H groups in total. The van der Waals surface area contributed by atoms with Crippen molar-refractivity contribution >= 4 is 21.6 Å². The van der Waals surface area contributed by atoms with Crippen LogP contribution in [0.25, 0.3) is 0 Å². The highest BCUT2D eigenvalue weighted by atomic mass is 32.2. The molecule has 0 radical (unpaired) electrons. The number of nitrogens with zero attached hydrogens (tertiary/aromatic N) is 2. The zero-order valence-corrected chi connectivity index (χ0v) is 11.3. The van der Waals surface area contributed by atoms with Crippen LogP contribution in [0.15, 0.2) is 18.3 Å². The Balaban J connectivity index is 2.16. The highest BCUT2D eigenvalue weighted by Crippen LogP contribution is 2.24. The first kappa shape index (κ1) is 13.8. The van der Waals surface area contributed by atoms with Crippen LogP contribution in [0.4, 0.5) is 5.69 Å². The van der Waals surface area contributed by atoms with Crippen molar-refractivity contribution < 1.29 is 17.9 Å². The highest BCUT2D eigenvalue weighted by Gasteiger charge is 2.37. The third-order valence-electron chi connectivity index (χ3n) is 2.88. The molecule has 0 aliphatic carbocycles. The fourth-order valence-corrected chi connectivity index (χ4v) is 2.64. The van der Waals surface area contributed by atoms with Gasteiger partial charge in [0.2, 0.25) is 21.8 Å². The minimum Gasteiger partial charge on any atom is -0.478 e. The summed E-state index contributed by atoms with van der Waals surface area (Å²) in [4.78, 5) is 17.2. The maximum atomic E-state index is 11.8. The first-order valence-corrected chi connectivity index (χ1v) is 7.43. The largest absolute Gasteiger partial charge is 0.478 e. The predicted molar refractivity (Wildman–Crippen MR) is 69.3 cm³/mol. The number of ether oxygens (including phenoxy) is 1. The van der Waals surface area contributed by atoms with Crippen molar-refractivity contribution in [2.45, 2.75) is 18.6 Å². The van der Waals surface area contributed by atoms with E-state index in [0.29, 0.717) is 18.2 Å². The summed E-state index contributed by atoms with van der Waals surface area (Å²) in [6.07, 6.45) is 1.39. The maximum absolute atomic E-state index is 11.8. The van der Waals surface area contributed by atoms with Crippen LogP contribution in [0.1, 0.15) is 13.3 Å². The van der Waals surface area contributed by atoms with Crippen LogP contribution in [-0.2, 0) is 14.8 Å². The van der Waals surface area contributed by atoms with E-state index in [1.807, 2.05) is 6.92 Å². The van der Waals surface area contributed by atoms with Crippen molar-refractivity contribution in [3.8, 4) is 5.88 Å². The molecule has 1 aromatic heterocycles. The number of primary sulfonamides is 1. The van der Waals surface area contributed by atoms with Gasteiger partial charge in [-0.25, -0.2) is 18.5 Å². The number of anilines is 1. The normalized spacial score (nSPS) is 19.8. The molecule has 1 aliphatic heterocycles. The first-order chi connectivity index (χ1) is 8.91. The number of nitrogens with two attached hydrogens (primary N) is 1. The molecule has 2 rings (SSSR count). The molecule has 1 aromatic rings. The Morgan fingerprint density at radius 1 is 1.53 bits per heavy atom. The Morgan fingerprint density at radius 2 is 2.26 bits per heavy atom. The summed E-state index contributed by atoms with van der Waals surface area (Å²) in [5.41, 5.74) is 0.541. The van der Waals surface area contributed by atoms with Gasteiger partial charge in [-0.2, -0.15) is 0 Å². The van der Waals surface area contributed by atoms with Crippen molar-refractivity contribution in [2.24, 2.45) is 5.14 Å². The summed E-state index contributed by atoms with van der Waals surface area (Å²) in [5, 5.41) is 4.21. The van der Waals surface area contributed by atoms with Crippen molar-refractivity contribution in [1.29, 1.82) is 0 Å². The second-order valence-electron chi connectivity index (χ2n) is 4.21. The molecular formula is C11H15N3O4S. The minimum atomic E-state index is -3.70. The van der Waals surface area contributed by atoms with Gasteiger partial charge in [-0.3, -0.25) is 4.79 Å². The monoisotopic (exact) mass is 285 g/mol. The van der Waals surface area contributed by atoms with E-state index >= 15 is 0 Å². The van der Waals surface area contributed by atoms with Gasteiger partial charge in [-0.15, -0.1) is 0 Å². The summed E-state index contributed by atoms with van der Waals surface area (Å²) < 4.78 is 27.7. The number of rotatable bonds is 4. The van der Waals surface area contributed by atoms with Crippen molar-refractivity contribution in [1.82, 2.24) is 4.98 Å². The summed E-state index contributed by atoms with van der Waals surface area (Å²) in [7, 11) is -3.70. The number of hydrogen-bond acceptors (Lipinski definition) is 5. The molecule has 2 heterocycles. The summed E-state index contributed by atoms with van der Waals surface area (Å²) in [6.45, 7) is 2.41. The quantitative estimate of drug-likeness (QED) is 0.830. The average molecular weight is 285 g/mol. The fraction of sp³-hybridized carbons (Fsp3) is 0.455. The third kappa shape index (κ3) is 3.02. The van der Waals surface area contributed by atoms with Gasteiger partial charge in [0.1, 0.15) is 5.25 Å². The van der Waals surface area contributed by atoms with E-state index in [0.717, 1.165) is 0 Å². The average Bonchev–Trinajstić information content (AvgIpc) is 2.73. The molecule has 104 valence electrons. The zero-order valence-electron chi connectivity index (χ0n) is 10.4. The maximum Gasteiger partial charge on any atom is 0.228 e. The molecular weight excluding hydrogens is 270 g/mol. The second-order valence-corrected chi connectivity index (χ2v) is 6.05. The van der Waals surface area contributed by atoms with E-state index in [1.54, 1.807) is 12.1 Å². The number of hydrogen-bond donors (Lipinski definition) is 1. The third-order valence-corrected chi connectivity index (χ3v) is 4.12. The summed E-state index contributed by atoms with van der Waals surface area (Å²) in [6, 6.07) is 3.30. The number of carbonyl (C=O) groups excluding carboxylic acids is 1. The number of pyridine rings is 1. The van der Waals surface area contributed by atoms with E-state index in [9.17, 15) is 13.2 Å². The molecule has 8 heteroatoms. The molecule has 1 fully saturated rings. The van der Waals surface area contributed by atoms with Crippen molar-refractivity contribution in [2.75, 3.05) is 18.1 Å². The van der Waals surface area contributed by atoms with Crippen LogP contribution < -0.4 is 14.8 Å². The molecule has 0 spiro atoms. The SMILES string of the molecule is CCOc1ccc(N2CC(S(N)(=O)=O)CC2=O)cn1. The lowest BCUT2D eigenvalue weighted by molar-refractivity contribution is -0.117. The Hall–Kier alpha value is -1.67. The van der Waals surface area contributed by atoms with Crippen LogP contribution in [0.5, 0.6) is 5.88 Å². The molecule has 1 aliphatic rings. The van der Waals surface area contributed by atoms with Gasteiger partial charge < -0.3 is 9.64 Å². The van der Waals surface area contributed by atoms with Crippen LogP contribution in [-0.4, -0.2) is 37.7 Å². The minimum absolute atomic E-state index is 0.0628. The Bertz CT molecular complexity index is 570. The lowest BCUT2D eigenvalue weighted by atomic mass is 10.4. The summed E-state index contributed by atoms with van der Waals surface area (Å²) in [5.74, 6) is 0.186. The van der Waals surface area contributed by atoms with E-state index in [-0.39, 0.29) is 18.9 Å². The lowest BCUT2D eigenvalue weighted by Gasteiger charge is -2.16. The highest BCUT2D eigenvalue weighted by molar-refractivity contribution is 7.89. The van der Waals surface area contributed by atoms with Crippen LogP contribution in [0, 0.1) is 0 Å². The molecule has 1 atom stereocenters. The van der Waals surface area contributed by atoms with E-state index in [2.05, 4.69) is 4.98 Å². The van der Waals surface area contributed by atoms with Gasteiger partial charge in [0.05, 0.1) is 18.5 Å². The zero-order chi connectivity index (χ0) is 14.0. The van der Waals surface area contributed by atoms with Crippen LogP contribution in [0.3, 0.4) is 0 Å². The van der Waals surface area contributed by atoms with Gasteiger partial charge in [-0.1, -0.05) is 0 Å². The van der Waals surface area contributed by atoms with E-state index in [1.165, 1.54) is 11.1 Å². The van der Waals surface area contributed by atoms with Gasteiger partial charge in [0, 0.05) is 19.0 Å². The number of sulfonamides is 1. The molecule has 1 amide bonds. The molecule has 1 saturated heterocycles. The number of amides is 1. The smallest absolute Gasteiger partial charge is 0.228 e. The van der Waals surface area contributed by atoms with Crippen molar-refractivity contribution in [3.05, 3.63) is 18.3 Å². The second kappa shape index (κ2) is 5.14. The number of carbonyl (C=O) groups is 1. The molecule has 0 aromatic carbocycles. The predicted octanol–water partition coefficient (Wildman–Crippen LogP) is -0.126. The van der Waals surface area contributed by atoms with Crippen molar-refractivity contribution in [3.63, 3.8) is 0 Å². The van der Waals surface area contributed by atoms with Gasteiger partial charge in [0.15, 0.2) is 0 Å². The molecule has 19 heavy (non-hydrogen) atoms. The summed E-state index contributed by atoms with van der Waals surface area (Å²) >= 11 is 0. The Kier molecular flexibility index (Phi) is 3.72. The standard InChI is InChI=1S/C11H15N3O4S/c1-2-18-10-4-3-8(6-13-10)14-7-9(5-11(14)15)19(12,16)17/h3-4,6,9H,2,5,7H2,1H3,(H2,12,16,17). The topological polar surface area (TPSA) is 103 Å². The number of aromatic nitrogens is 1. The Labute approximate surface area is 111 Å². The van der Waals surface area contributed by atoms with Crippen LogP contribution in [0.2, 0.25) is 0 Å².